The molecule has 2 N–H and O–H groups in total. The molecule has 0 aliphatic carbocycles. The normalized spacial score (nSPS) is 11.7. The Morgan fingerprint density at radius 1 is 1.65 bits per heavy atom. The van der Waals surface area contributed by atoms with Gasteiger partial charge in [0, 0.05) is 6.20 Å². The Kier molecular flexibility index (Phi) is 4.53. The van der Waals surface area contributed by atoms with Gasteiger partial charge >= 0.3 is 5.97 Å². The lowest BCUT2D eigenvalue weighted by atomic mass is 10.2. The lowest BCUT2D eigenvalue weighted by molar-refractivity contribution is -0.143. The Bertz CT molecular complexity index is 425. The fourth-order valence-electron chi connectivity index (χ4n) is 1.11. The van der Waals surface area contributed by atoms with Crippen molar-refractivity contribution >= 4 is 11.9 Å². The molecule has 1 amide bonds. The highest BCUT2D eigenvalue weighted by atomic mass is 19.1. The molecule has 7 heteroatoms. The average Bonchev–Trinajstić information content (AvgIpc) is 2.35. The highest BCUT2D eigenvalue weighted by molar-refractivity contribution is 5.96. The molecule has 1 heterocycles. The third-order valence-electron chi connectivity index (χ3n) is 1.98. The molecule has 0 fully saturated rings. The SMILES string of the molecule is COC(=O)C(CO)NC(=O)c1cccnc1F. The molecule has 1 atom stereocenters. The van der Waals surface area contributed by atoms with E-state index in [1.54, 1.807) is 0 Å². The summed E-state index contributed by atoms with van der Waals surface area (Å²) in [5.41, 5.74) is -0.310. The van der Waals surface area contributed by atoms with Crippen LogP contribution in [0.25, 0.3) is 0 Å². The zero-order valence-corrected chi connectivity index (χ0v) is 9.01. The van der Waals surface area contributed by atoms with Crippen molar-refractivity contribution in [3.8, 4) is 0 Å². The minimum absolute atomic E-state index is 0.310. The van der Waals surface area contributed by atoms with Gasteiger partial charge < -0.3 is 15.2 Å². The second kappa shape index (κ2) is 5.90. The third kappa shape index (κ3) is 3.22. The number of nitrogens with zero attached hydrogens (tertiary/aromatic N) is 1. The third-order valence-corrected chi connectivity index (χ3v) is 1.98. The second-order valence-electron chi connectivity index (χ2n) is 3.07. The molecule has 0 saturated heterocycles. The van der Waals surface area contributed by atoms with E-state index in [-0.39, 0.29) is 5.56 Å². The van der Waals surface area contributed by atoms with E-state index in [1.807, 2.05) is 0 Å². The number of pyridine rings is 1. The van der Waals surface area contributed by atoms with Gasteiger partial charge in [-0.1, -0.05) is 0 Å². The Morgan fingerprint density at radius 3 is 2.88 bits per heavy atom. The Balaban J connectivity index is 2.78. The van der Waals surface area contributed by atoms with Crippen LogP contribution in [0, 0.1) is 5.95 Å². The number of nitrogens with one attached hydrogen (secondary N) is 1. The largest absolute Gasteiger partial charge is 0.467 e. The number of esters is 1. The summed E-state index contributed by atoms with van der Waals surface area (Å²) in [6.07, 6.45) is 1.19. The molecule has 6 nitrogen and oxygen atoms in total. The zero-order chi connectivity index (χ0) is 12.8. The number of rotatable bonds is 4. The van der Waals surface area contributed by atoms with Crippen LogP contribution in [-0.4, -0.2) is 41.7 Å². The van der Waals surface area contributed by atoms with Crippen molar-refractivity contribution in [2.45, 2.75) is 6.04 Å². The number of amides is 1. The molecule has 0 saturated carbocycles. The fraction of sp³-hybridized carbons (Fsp3) is 0.300. The molecule has 17 heavy (non-hydrogen) atoms. The summed E-state index contributed by atoms with van der Waals surface area (Å²) in [5.74, 6) is -2.61. The van der Waals surface area contributed by atoms with E-state index >= 15 is 0 Å². The number of carbonyl (C=O) groups is 2. The highest BCUT2D eigenvalue weighted by Crippen LogP contribution is 2.03. The van der Waals surface area contributed by atoms with Crippen molar-refractivity contribution in [3.05, 3.63) is 29.8 Å². The minimum atomic E-state index is -1.23. The van der Waals surface area contributed by atoms with Gasteiger partial charge in [-0.05, 0) is 12.1 Å². The first-order valence-corrected chi connectivity index (χ1v) is 4.70. The fourth-order valence-corrected chi connectivity index (χ4v) is 1.11. The molecule has 0 radical (unpaired) electrons. The predicted octanol–water partition coefficient (Wildman–Crippen LogP) is -0.516. The molecule has 92 valence electrons. The van der Waals surface area contributed by atoms with Crippen LogP contribution in [0.15, 0.2) is 18.3 Å². The molecule has 1 aromatic heterocycles. The van der Waals surface area contributed by atoms with E-state index in [9.17, 15) is 14.0 Å². The summed E-state index contributed by atoms with van der Waals surface area (Å²) in [6, 6.07) is 1.36. The minimum Gasteiger partial charge on any atom is -0.467 e. The molecule has 1 aromatic rings. The Morgan fingerprint density at radius 2 is 2.35 bits per heavy atom. The van der Waals surface area contributed by atoms with Crippen LogP contribution in [0.3, 0.4) is 0 Å². The van der Waals surface area contributed by atoms with Crippen molar-refractivity contribution in [3.63, 3.8) is 0 Å². The average molecular weight is 242 g/mol. The quantitative estimate of drug-likeness (QED) is 0.548. The molecule has 0 aliphatic heterocycles. The van der Waals surface area contributed by atoms with Crippen molar-refractivity contribution in [1.82, 2.24) is 10.3 Å². The van der Waals surface area contributed by atoms with Gasteiger partial charge in [-0.15, -0.1) is 0 Å². The van der Waals surface area contributed by atoms with Gasteiger partial charge in [0.2, 0.25) is 5.95 Å². The molecular weight excluding hydrogens is 231 g/mol. The van der Waals surface area contributed by atoms with E-state index in [1.165, 1.54) is 18.3 Å². The van der Waals surface area contributed by atoms with Crippen LogP contribution in [0.5, 0.6) is 0 Å². The van der Waals surface area contributed by atoms with Gasteiger partial charge in [0.05, 0.1) is 19.3 Å². The van der Waals surface area contributed by atoms with Crippen LogP contribution >= 0.6 is 0 Å². The molecule has 1 rings (SSSR count). The lowest BCUT2D eigenvalue weighted by Gasteiger charge is -2.13. The standard InChI is InChI=1S/C10H11FN2O4/c1-17-10(16)7(5-14)13-9(15)6-3-2-4-12-8(6)11/h2-4,7,14H,5H2,1H3,(H,13,15). The van der Waals surface area contributed by atoms with E-state index < -0.39 is 30.5 Å². The molecule has 1 unspecified atom stereocenters. The van der Waals surface area contributed by atoms with Crippen LogP contribution in [0.4, 0.5) is 4.39 Å². The van der Waals surface area contributed by atoms with E-state index in [0.717, 1.165) is 7.11 Å². The van der Waals surface area contributed by atoms with Crippen LogP contribution in [-0.2, 0) is 9.53 Å². The van der Waals surface area contributed by atoms with Gasteiger partial charge in [0.15, 0.2) is 6.04 Å². The van der Waals surface area contributed by atoms with E-state index in [4.69, 9.17) is 5.11 Å². The number of carbonyl (C=O) groups excluding carboxylic acids is 2. The molecule has 0 spiro atoms. The van der Waals surface area contributed by atoms with Crippen molar-refractivity contribution < 1.29 is 23.8 Å². The number of methoxy groups -OCH3 is 1. The molecule has 0 aliphatic rings. The zero-order valence-electron chi connectivity index (χ0n) is 9.01. The molecular formula is C10H11FN2O4. The lowest BCUT2D eigenvalue weighted by Crippen LogP contribution is -2.44. The van der Waals surface area contributed by atoms with Gasteiger partial charge in [0.25, 0.3) is 5.91 Å². The number of halogens is 1. The monoisotopic (exact) mass is 242 g/mol. The van der Waals surface area contributed by atoms with Gasteiger partial charge in [-0.3, -0.25) is 4.79 Å². The van der Waals surface area contributed by atoms with Crippen LogP contribution < -0.4 is 5.32 Å². The first-order valence-electron chi connectivity index (χ1n) is 4.70. The first-order chi connectivity index (χ1) is 8.10. The highest BCUT2D eigenvalue weighted by Gasteiger charge is 2.22. The molecule has 0 aromatic carbocycles. The van der Waals surface area contributed by atoms with E-state index in [2.05, 4.69) is 15.0 Å². The molecule has 0 bridgehead atoms. The number of hydrogen-bond acceptors (Lipinski definition) is 5. The number of aliphatic hydroxyl groups is 1. The van der Waals surface area contributed by atoms with Gasteiger partial charge in [0.1, 0.15) is 0 Å². The Hall–Kier alpha value is -2.02. The van der Waals surface area contributed by atoms with Crippen molar-refractivity contribution in [2.24, 2.45) is 0 Å². The first kappa shape index (κ1) is 13.0. The maximum Gasteiger partial charge on any atom is 0.330 e. The van der Waals surface area contributed by atoms with Gasteiger partial charge in [-0.25, -0.2) is 9.78 Å². The van der Waals surface area contributed by atoms with Gasteiger partial charge in [-0.2, -0.15) is 4.39 Å². The topological polar surface area (TPSA) is 88.5 Å². The summed E-state index contributed by atoms with van der Waals surface area (Å²) in [7, 11) is 1.11. The van der Waals surface area contributed by atoms with Crippen molar-refractivity contribution in [1.29, 1.82) is 0 Å². The van der Waals surface area contributed by atoms with Crippen LogP contribution in [0.1, 0.15) is 10.4 Å². The maximum atomic E-state index is 13.1. The summed E-state index contributed by atoms with van der Waals surface area (Å²) >= 11 is 0. The Labute approximate surface area is 96.4 Å². The smallest absolute Gasteiger partial charge is 0.330 e. The second-order valence-corrected chi connectivity index (χ2v) is 3.07. The number of hydrogen-bond donors (Lipinski definition) is 2. The number of aromatic nitrogens is 1. The maximum absolute atomic E-state index is 13.1. The summed E-state index contributed by atoms with van der Waals surface area (Å²) in [6.45, 7) is -0.639. The van der Waals surface area contributed by atoms with E-state index in [0.29, 0.717) is 0 Å². The summed E-state index contributed by atoms with van der Waals surface area (Å²) < 4.78 is 17.5. The predicted molar refractivity (Wildman–Crippen MR) is 54.6 cm³/mol. The summed E-state index contributed by atoms with van der Waals surface area (Å²) in [4.78, 5) is 25.9. The number of ether oxygens (including phenoxy) is 1. The summed E-state index contributed by atoms with van der Waals surface area (Å²) in [5, 5.41) is 11.0. The van der Waals surface area contributed by atoms with Crippen molar-refractivity contribution in [2.75, 3.05) is 13.7 Å². The number of aliphatic hydroxyl groups excluding tert-OH is 1. The van der Waals surface area contributed by atoms with Crippen LogP contribution in [0.2, 0.25) is 0 Å².